The van der Waals surface area contributed by atoms with Gasteiger partial charge < -0.3 is 5.11 Å². The highest BCUT2D eigenvalue weighted by Crippen LogP contribution is 2.35. The number of carbonyl (C=O) groups excluding carboxylic acids is 1. The molecule has 0 amide bonds. The summed E-state index contributed by atoms with van der Waals surface area (Å²) < 4.78 is 1.53. The molecule has 150 valence electrons. The Morgan fingerprint density at radius 3 is 2.48 bits per heavy atom. The molecule has 0 radical (unpaired) electrons. The number of aromatic nitrogens is 4. The zero-order valence-corrected chi connectivity index (χ0v) is 16.9. The Kier molecular flexibility index (Phi) is 4.69. The average molecular weight is 427 g/mol. The van der Waals surface area contributed by atoms with Gasteiger partial charge in [-0.3, -0.25) is 4.79 Å². The lowest BCUT2D eigenvalue weighted by molar-refractivity contribution is 0.112. The highest BCUT2D eigenvalue weighted by Gasteiger charge is 2.19. The van der Waals surface area contributed by atoms with E-state index in [1.165, 1.54) is 4.68 Å². The Bertz CT molecular complexity index is 1450. The number of hydrogen-bond donors (Lipinski definition) is 1. The molecule has 0 bridgehead atoms. The Hall–Kier alpha value is -4.03. The molecule has 3 aromatic heterocycles. The SMILES string of the molecule is O=Cc1cn(-c2nc3ncccc3cc2-c2ccccc2Cl)nc1-c1ccccc1O. The molecule has 5 aromatic rings. The fourth-order valence-electron chi connectivity index (χ4n) is 3.51. The molecular formula is C24H15ClN4O2. The second kappa shape index (κ2) is 7.66. The summed E-state index contributed by atoms with van der Waals surface area (Å²) in [5.74, 6) is 0.513. The third-order valence-corrected chi connectivity index (χ3v) is 5.31. The molecule has 1 N–H and O–H groups in total. The number of pyridine rings is 2. The Balaban J connectivity index is 1.79. The first-order valence-electron chi connectivity index (χ1n) is 9.50. The van der Waals surface area contributed by atoms with Gasteiger partial charge in [0, 0.05) is 39.5 Å². The van der Waals surface area contributed by atoms with Crippen molar-refractivity contribution in [2.45, 2.75) is 0 Å². The maximum Gasteiger partial charge on any atom is 0.163 e. The van der Waals surface area contributed by atoms with Crippen LogP contribution in [0.4, 0.5) is 0 Å². The molecule has 7 heteroatoms. The number of para-hydroxylation sites is 1. The molecule has 0 saturated heterocycles. The van der Waals surface area contributed by atoms with E-state index >= 15 is 0 Å². The van der Waals surface area contributed by atoms with Crippen molar-refractivity contribution < 1.29 is 9.90 Å². The van der Waals surface area contributed by atoms with Crippen LogP contribution in [-0.2, 0) is 0 Å². The number of phenols is 1. The quantitative estimate of drug-likeness (QED) is 0.393. The number of fused-ring (bicyclic) bond motifs is 1. The topological polar surface area (TPSA) is 80.9 Å². The van der Waals surface area contributed by atoms with Gasteiger partial charge in [-0.15, -0.1) is 0 Å². The number of hydrogen-bond acceptors (Lipinski definition) is 5. The van der Waals surface area contributed by atoms with E-state index in [1.54, 1.807) is 36.7 Å². The van der Waals surface area contributed by atoms with Crippen LogP contribution in [-0.4, -0.2) is 31.1 Å². The summed E-state index contributed by atoms with van der Waals surface area (Å²) in [5.41, 5.74) is 3.22. The number of aldehydes is 1. The van der Waals surface area contributed by atoms with E-state index in [-0.39, 0.29) is 5.75 Å². The van der Waals surface area contributed by atoms with Crippen LogP contribution in [0.15, 0.2) is 79.1 Å². The third-order valence-electron chi connectivity index (χ3n) is 4.98. The predicted molar refractivity (Wildman–Crippen MR) is 120 cm³/mol. The molecule has 3 heterocycles. The third kappa shape index (κ3) is 3.33. The van der Waals surface area contributed by atoms with Gasteiger partial charge in [-0.1, -0.05) is 41.9 Å². The van der Waals surface area contributed by atoms with Gasteiger partial charge in [0.15, 0.2) is 17.8 Å². The minimum atomic E-state index is 0.0373. The fourth-order valence-corrected chi connectivity index (χ4v) is 3.75. The lowest BCUT2D eigenvalue weighted by Gasteiger charge is -2.12. The van der Waals surface area contributed by atoms with Crippen LogP contribution in [0.1, 0.15) is 10.4 Å². The molecular weight excluding hydrogens is 412 g/mol. The molecule has 0 aliphatic heterocycles. The van der Waals surface area contributed by atoms with Gasteiger partial charge in [-0.2, -0.15) is 5.10 Å². The molecule has 0 spiro atoms. The van der Waals surface area contributed by atoms with Gasteiger partial charge in [0.2, 0.25) is 0 Å². The van der Waals surface area contributed by atoms with E-state index in [0.29, 0.717) is 39.6 Å². The molecule has 31 heavy (non-hydrogen) atoms. The minimum Gasteiger partial charge on any atom is -0.507 e. The van der Waals surface area contributed by atoms with Crippen LogP contribution < -0.4 is 0 Å². The van der Waals surface area contributed by atoms with E-state index in [4.69, 9.17) is 16.6 Å². The van der Waals surface area contributed by atoms with Gasteiger partial charge in [-0.05, 0) is 36.4 Å². The Morgan fingerprint density at radius 2 is 1.71 bits per heavy atom. The van der Waals surface area contributed by atoms with Crippen molar-refractivity contribution in [2.75, 3.05) is 0 Å². The smallest absolute Gasteiger partial charge is 0.163 e. The average Bonchev–Trinajstić information content (AvgIpc) is 3.23. The Morgan fingerprint density at radius 1 is 0.935 bits per heavy atom. The van der Waals surface area contributed by atoms with Gasteiger partial charge in [0.25, 0.3) is 0 Å². The zero-order valence-electron chi connectivity index (χ0n) is 16.1. The van der Waals surface area contributed by atoms with Crippen molar-refractivity contribution in [1.82, 2.24) is 19.7 Å². The van der Waals surface area contributed by atoms with Crippen molar-refractivity contribution in [1.29, 1.82) is 0 Å². The van der Waals surface area contributed by atoms with E-state index in [0.717, 1.165) is 16.5 Å². The van der Waals surface area contributed by atoms with E-state index in [1.807, 2.05) is 42.5 Å². The molecule has 5 rings (SSSR count). The highest BCUT2D eigenvalue weighted by molar-refractivity contribution is 6.33. The molecule has 0 unspecified atom stereocenters. The van der Waals surface area contributed by atoms with Crippen molar-refractivity contribution in [3.05, 3.63) is 89.7 Å². The first kappa shape index (κ1) is 19.0. The van der Waals surface area contributed by atoms with Crippen molar-refractivity contribution in [3.63, 3.8) is 0 Å². The number of carbonyl (C=O) groups is 1. The largest absolute Gasteiger partial charge is 0.507 e. The van der Waals surface area contributed by atoms with Crippen LogP contribution in [0.3, 0.4) is 0 Å². The van der Waals surface area contributed by atoms with Crippen molar-refractivity contribution in [3.8, 4) is 34.0 Å². The number of nitrogens with zero attached hydrogens (tertiary/aromatic N) is 4. The van der Waals surface area contributed by atoms with Gasteiger partial charge in [0.1, 0.15) is 11.4 Å². The van der Waals surface area contributed by atoms with Crippen LogP contribution in [0.25, 0.3) is 39.2 Å². The van der Waals surface area contributed by atoms with E-state index in [2.05, 4.69) is 10.1 Å². The van der Waals surface area contributed by atoms with Crippen LogP contribution in [0, 0.1) is 0 Å². The first-order valence-corrected chi connectivity index (χ1v) is 9.88. The maximum absolute atomic E-state index is 11.8. The molecule has 0 fully saturated rings. The van der Waals surface area contributed by atoms with E-state index in [9.17, 15) is 9.90 Å². The molecule has 0 aliphatic carbocycles. The van der Waals surface area contributed by atoms with Gasteiger partial charge in [0.05, 0.1) is 5.56 Å². The summed E-state index contributed by atoms with van der Waals surface area (Å²) in [6, 6.07) is 19.9. The summed E-state index contributed by atoms with van der Waals surface area (Å²) in [6.45, 7) is 0. The summed E-state index contributed by atoms with van der Waals surface area (Å²) in [5, 5.41) is 16.3. The summed E-state index contributed by atoms with van der Waals surface area (Å²) in [6.07, 6.45) is 3.97. The maximum atomic E-state index is 11.8. The van der Waals surface area contributed by atoms with Gasteiger partial charge in [-0.25, -0.2) is 14.6 Å². The standard InChI is InChI=1S/C24H15ClN4O2/c25-20-9-3-1-7-17(20)19-12-15-6-5-11-26-23(15)27-24(19)29-13-16(14-30)22(28-29)18-8-2-4-10-21(18)31/h1-14,31H. The fraction of sp³-hybridized carbons (Fsp3) is 0. The number of benzene rings is 2. The second-order valence-electron chi connectivity index (χ2n) is 6.90. The second-order valence-corrected chi connectivity index (χ2v) is 7.31. The number of halogens is 1. The lowest BCUT2D eigenvalue weighted by atomic mass is 10.0. The number of aromatic hydroxyl groups is 1. The van der Waals surface area contributed by atoms with Crippen LogP contribution >= 0.6 is 11.6 Å². The first-order chi connectivity index (χ1) is 15.2. The summed E-state index contributed by atoms with van der Waals surface area (Å²) >= 11 is 6.49. The zero-order chi connectivity index (χ0) is 21.4. The van der Waals surface area contributed by atoms with Crippen LogP contribution in [0.2, 0.25) is 5.02 Å². The Labute approximate surface area is 182 Å². The van der Waals surface area contributed by atoms with E-state index < -0.39 is 0 Å². The summed E-state index contributed by atoms with van der Waals surface area (Å²) in [7, 11) is 0. The lowest BCUT2D eigenvalue weighted by Crippen LogP contribution is -2.03. The van der Waals surface area contributed by atoms with Gasteiger partial charge >= 0.3 is 0 Å². The van der Waals surface area contributed by atoms with Crippen LogP contribution in [0.5, 0.6) is 5.75 Å². The predicted octanol–water partition coefficient (Wildman–Crippen LogP) is 5.32. The minimum absolute atomic E-state index is 0.0373. The molecule has 0 saturated carbocycles. The monoisotopic (exact) mass is 426 g/mol. The number of phenolic OH excluding ortho intramolecular Hbond substituents is 1. The van der Waals surface area contributed by atoms with Crippen molar-refractivity contribution in [2.24, 2.45) is 0 Å². The molecule has 0 aliphatic rings. The highest BCUT2D eigenvalue weighted by atomic mass is 35.5. The molecule has 0 atom stereocenters. The number of rotatable bonds is 4. The summed E-state index contributed by atoms with van der Waals surface area (Å²) in [4.78, 5) is 20.9. The molecule has 6 nitrogen and oxygen atoms in total. The normalized spacial score (nSPS) is 11.0. The van der Waals surface area contributed by atoms with Crippen molar-refractivity contribution >= 4 is 28.9 Å². The molecule has 2 aromatic carbocycles.